The van der Waals surface area contributed by atoms with E-state index in [9.17, 15) is 32.9 Å². The number of ether oxygens (including phenoxy) is 1. The molecule has 0 spiro atoms. The van der Waals surface area contributed by atoms with Gasteiger partial charge in [-0.1, -0.05) is 0 Å². The molecule has 2 unspecified atom stereocenters. The van der Waals surface area contributed by atoms with Crippen LogP contribution in [0.2, 0.25) is 0 Å². The molecular formula is C9H15FN3O13P3. The van der Waals surface area contributed by atoms with Gasteiger partial charge in [0.05, 0.1) is 18.9 Å². The highest BCUT2D eigenvalue weighted by atomic mass is 31.3. The Labute approximate surface area is 160 Å². The molecular weight excluding hydrogens is 470 g/mol. The first kappa shape index (κ1) is 24.2. The third-order valence-corrected chi connectivity index (χ3v) is 7.02. The molecule has 1 aromatic heterocycles. The van der Waals surface area contributed by atoms with Gasteiger partial charge in [-0.15, -0.1) is 0 Å². The zero-order chi connectivity index (χ0) is 22.2. The highest BCUT2D eigenvalue weighted by molar-refractivity contribution is 7.66. The van der Waals surface area contributed by atoms with Crippen LogP contribution in [0.25, 0.3) is 0 Å². The average Bonchev–Trinajstić information content (AvgIpc) is 2.86. The molecule has 5 atom stereocenters. The number of phosphoric acid groups is 3. The van der Waals surface area contributed by atoms with E-state index in [2.05, 4.69) is 18.1 Å². The van der Waals surface area contributed by atoms with Crippen molar-refractivity contribution in [3.05, 3.63) is 22.5 Å². The molecule has 0 bridgehead atoms. The van der Waals surface area contributed by atoms with Crippen LogP contribution in [-0.4, -0.2) is 53.0 Å². The molecule has 0 aliphatic carbocycles. The first-order valence-corrected chi connectivity index (χ1v) is 11.8. The molecule has 16 nitrogen and oxygen atoms in total. The molecule has 20 heteroatoms. The fraction of sp³-hybridized carbons (Fsp3) is 0.556. The Hall–Kier alpha value is -1.06. The van der Waals surface area contributed by atoms with Crippen molar-refractivity contribution < 1.29 is 60.6 Å². The second-order valence-electron chi connectivity index (χ2n) is 5.50. The van der Waals surface area contributed by atoms with E-state index < -0.39 is 65.8 Å². The van der Waals surface area contributed by atoms with Crippen LogP contribution in [0, 0.1) is 5.82 Å². The van der Waals surface area contributed by atoms with Crippen molar-refractivity contribution in [2.75, 3.05) is 12.3 Å². The molecule has 0 amide bonds. The van der Waals surface area contributed by atoms with Crippen LogP contribution in [0.5, 0.6) is 0 Å². The molecule has 166 valence electrons. The minimum atomic E-state index is -5.68. The lowest BCUT2D eigenvalue weighted by atomic mass is 10.2. The minimum Gasteiger partial charge on any atom is -0.388 e. The van der Waals surface area contributed by atoms with Crippen molar-refractivity contribution in [3.63, 3.8) is 0 Å². The van der Waals surface area contributed by atoms with Crippen LogP contribution in [0.1, 0.15) is 12.6 Å². The fourth-order valence-electron chi connectivity index (χ4n) is 2.21. The number of rotatable bonds is 8. The van der Waals surface area contributed by atoms with E-state index >= 15 is 0 Å². The first-order chi connectivity index (χ1) is 13.1. The summed E-state index contributed by atoms with van der Waals surface area (Å²) in [7, 11) is -16.6. The summed E-state index contributed by atoms with van der Waals surface area (Å²) >= 11 is 0. The minimum absolute atomic E-state index is 0.293. The van der Waals surface area contributed by atoms with Gasteiger partial charge in [0.2, 0.25) is 0 Å². The van der Waals surface area contributed by atoms with E-state index in [1.165, 1.54) is 0 Å². The summed E-state index contributed by atoms with van der Waals surface area (Å²) in [5, 5.41) is 9.97. The van der Waals surface area contributed by atoms with Gasteiger partial charge in [-0.2, -0.15) is 13.6 Å². The fourth-order valence-corrected chi connectivity index (χ4v) is 5.26. The summed E-state index contributed by atoms with van der Waals surface area (Å²) < 4.78 is 64.1. The summed E-state index contributed by atoms with van der Waals surface area (Å²) in [6.45, 7) is -0.850. The summed E-state index contributed by atoms with van der Waals surface area (Å²) in [4.78, 5) is 50.2. The second kappa shape index (κ2) is 8.59. The first-order valence-electron chi connectivity index (χ1n) is 7.24. The maximum atomic E-state index is 13.5. The maximum Gasteiger partial charge on any atom is 0.490 e. The molecule has 29 heavy (non-hydrogen) atoms. The van der Waals surface area contributed by atoms with Gasteiger partial charge in [0.1, 0.15) is 6.10 Å². The summed E-state index contributed by atoms with van der Waals surface area (Å²) in [6, 6.07) is 0. The molecule has 0 aromatic carbocycles. The normalized spacial score (nSPS) is 26.8. The van der Waals surface area contributed by atoms with Crippen LogP contribution < -0.4 is 11.4 Å². The zero-order valence-corrected chi connectivity index (χ0v) is 16.6. The molecule has 2 heterocycles. The van der Waals surface area contributed by atoms with Crippen molar-refractivity contribution >= 4 is 29.3 Å². The number of nitrogen functional groups attached to an aromatic ring is 1. The predicted molar refractivity (Wildman–Crippen MR) is 87.2 cm³/mol. The number of anilines is 1. The molecule has 1 aromatic rings. The van der Waals surface area contributed by atoms with Gasteiger partial charge in [0.15, 0.2) is 17.9 Å². The van der Waals surface area contributed by atoms with E-state index in [1.54, 1.807) is 0 Å². The molecule has 0 radical (unpaired) electrons. The van der Waals surface area contributed by atoms with E-state index in [1.807, 2.05) is 0 Å². The van der Waals surface area contributed by atoms with Gasteiger partial charge in [0.25, 0.3) is 0 Å². The number of nitrogens with two attached hydrogens (primary N) is 1. The number of phosphoric ester groups is 1. The lowest BCUT2D eigenvalue weighted by Crippen LogP contribution is -2.32. The standard InChI is InChI=1S/C9H15FN3O13P3/c10-5-2-13(9(15)12-7(5)11)8-6(14)1-4(24-8)3-23-28(19,20)26-29(21,22)25-27(16,17)18/h2,4,6,8,14H,1,3H2,(H,19,20)(H,21,22)(H2,11,12,15)(H2,16,17,18)/t4-,6+,8+/m0/s1. The van der Waals surface area contributed by atoms with E-state index in [0.29, 0.717) is 10.8 Å². The summed E-state index contributed by atoms with van der Waals surface area (Å²) in [5.74, 6) is -1.75. The molecule has 1 aliphatic rings. The van der Waals surface area contributed by atoms with Gasteiger partial charge in [0, 0.05) is 6.42 Å². The van der Waals surface area contributed by atoms with E-state index in [4.69, 9.17) is 25.2 Å². The molecule has 1 aliphatic heterocycles. The number of aliphatic hydroxyl groups is 1. The van der Waals surface area contributed by atoms with Gasteiger partial charge in [-0.25, -0.2) is 22.9 Å². The number of nitrogens with zero attached hydrogens (tertiary/aromatic N) is 2. The Morgan fingerprint density at radius 1 is 1.24 bits per heavy atom. The molecule has 7 N–H and O–H groups in total. The second-order valence-corrected chi connectivity index (χ2v) is 9.92. The highest BCUT2D eigenvalue weighted by Crippen LogP contribution is 2.66. The SMILES string of the molecule is Nc1nc(=O)n([C@@H]2O[C@H](COP(=O)(O)OP(=O)(O)OP(=O)(O)O)C[C@H]2O)cc1F. The van der Waals surface area contributed by atoms with E-state index in [-0.39, 0.29) is 6.42 Å². The zero-order valence-electron chi connectivity index (χ0n) is 13.9. The lowest BCUT2D eigenvalue weighted by molar-refractivity contribution is -0.0527. The predicted octanol–water partition coefficient (Wildman–Crippen LogP) is -1.04. The van der Waals surface area contributed by atoms with Gasteiger partial charge in [-0.05, 0) is 0 Å². The number of aliphatic hydroxyl groups excluding tert-OH is 1. The maximum absolute atomic E-state index is 13.5. The Morgan fingerprint density at radius 3 is 2.45 bits per heavy atom. The van der Waals surface area contributed by atoms with Crippen LogP contribution in [0.4, 0.5) is 10.2 Å². The number of halogens is 1. The largest absolute Gasteiger partial charge is 0.490 e. The van der Waals surface area contributed by atoms with Crippen molar-refractivity contribution in [1.29, 1.82) is 0 Å². The summed E-state index contributed by atoms with van der Waals surface area (Å²) in [5.41, 5.74) is 4.08. The summed E-state index contributed by atoms with van der Waals surface area (Å²) in [6.07, 6.45) is -3.72. The Kier molecular flexibility index (Phi) is 7.17. The van der Waals surface area contributed by atoms with Crippen LogP contribution >= 0.6 is 23.5 Å². The van der Waals surface area contributed by atoms with Crippen molar-refractivity contribution in [2.24, 2.45) is 0 Å². The Balaban J connectivity index is 2.01. The van der Waals surface area contributed by atoms with Gasteiger partial charge in [-0.3, -0.25) is 9.09 Å². The smallest absolute Gasteiger partial charge is 0.388 e. The number of hydrogen-bond acceptors (Lipinski definition) is 11. The molecule has 2 rings (SSSR count). The topological polar surface area (TPSA) is 250 Å². The highest BCUT2D eigenvalue weighted by Gasteiger charge is 2.42. The van der Waals surface area contributed by atoms with Crippen LogP contribution in [0.3, 0.4) is 0 Å². The lowest BCUT2D eigenvalue weighted by Gasteiger charge is -2.19. The van der Waals surface area contributed by atoms with Gasteiger partial charge >= 0.3 is 29.2 Å². The van der Waals surface area contributed by atoms with Crippen LogP contribution in [-0.2, 0) is 31.6 Å². The monoisotopic (exact) mass is 485 g/mol. The molecule has 1 fully saturated rings. The molecule has 1 saturated heterocycles. The van der Waals surface area contributed by atoms with Crippen LogP contribution in [0.15, 0.2) is 11.0 Å². The van der Waals surface area contributed by atoms with Crippen molar-refractivity contribution in [2.45, 2.75) is 24.9 Å². The Morgan fingerprint density at radius 2 is 1.86 bits per heavy atom. The Bertz CT molecular complexity index is 965. The molecule has 0 saturated carbocycles. The quantitative estimate of drug-likeness (QED) is 0.240. The van der Waals surface area contributed by atoms with Crippen molar-refractivity contribution in [1.82, 2.24) is 9.55 Å². The average molecular weight is 485 g/mol. The third kappa shape index (κ3) is 7.00. The van der Waals surface area contributed by atoms with Crippen molar-refractivity contribution in [3.8, 4) is 0 Å². The third-order valence-electron chi connectivity index (χ3n) is 3.21. The number of aromatic nitrogens is 2. The van der Waals surface area contributed by atoms with E-state index in [0.717, 1.165) is 0 Å². The van der Waals surface area contributed by atoms with Gasteiger partial charge < -0.3 is 35.2 Å². The number of hydrogen-bond donors (Lipinski definition) is 6.